The fourth-order valence-corrected chi connectivity index (χ4v) is 2.19. The lowest BCUT2D eigenvalue weighted by Crippen LogP contribution is -2.07. The van der Waals surface area contributed by atoms with E-state index in [1.165, 1.54) is 0 Å². The Morgan fingerprint density at radius 3 is 2.72 bits per heavy atom. The average molecular weight is 247 g/mol. The number of aromatic nitrogens is 1. The van der Waals surface area contributed by atoms with Crippen molar-refractivity contribution in [3.8, 4) is 0 Å². The van der Waals surface area contributed by atoms with E-state index in [4.69, 9.17) is 5.73 Å². The van der Waals surface area contributed by atoms with Gasteiger partial charge in [0.2, 0.25) is 0 Å². The van der Waals surface area contributed by atoms with Crippen LogP contribution in [0.4, 0.5) is 10.2 Å². The van der Waals surface area contributed by atoms with Crippen molar-refractivity contribution in [3.05, 3.63) is 45.8 Å². The second-order valence-corrected chi connectivity index (χ2v) is 4.44. The number of para-hydroxylation sites is 1. The van der Waals surface area contributed by atoms with Gasteiger partial charge in [-0.05, 0) is 28.5 Å². The van der Waals surface area contributed by atoms with Gasteiger partial charge >= 0.3 is 5.82 Å². The highest BCUT2D eigenvalue weighted by atomic mass is 19.1. The zero-order valence-electron chi connectivity index (χ0n) is 9.34. The van der Waals surface area contributed by atoms with Gasteiger partial charge in [0.25, 0.3) is 0 Å². The Morgan fingerprint density at radius 1 is 1.44 bits per heavy atom. The monoisotopic (exact) mass is 247 g/mol. The van der Waals surface area contributed by atoms with Crippen LogP contribution in [0.3, 0.4) is 0 Å². The minimum absolute atomic E-state index is 0.0474. The third-order valence-corrected chi connectivity index (χ3v) is 3.23. The predicted octanol–water partition coefficient (Wildman–Crippen LogP) is 2.10. The second-order valence-electron chi connectivity index (χ2n) is 4.44. The molecule has 1 aliphatic carbocycles. The summed E-state index contributed by atoms with van der Waals surface area (Å²) in [5, 5.41) is 11.3. The Morgan fingerprint density at radius 2 is 2.11 bits per heavy atom. The summed E-state index contributed by atoms with van der Waals surface area (Å²) in [7, 11) is 0. The Bertz CT molecular complexity index is 659. The van der Waals surface area contributed by atoms with E-state index in [0.29, 0.717) is 17.3 Å². The molecule has 1 aliphatic rings. The number of fused-ring (bicyclic) bond motifs is 1. The first-order chi connectivity index (χ1) is 8.59. The first kappa shape index (κ1) is 11.0. The van der Waals surface area contributed by atoms with Gasteiger partial charge in [-0.2, -0.15) is 0 Å². The third kappa shape index (κ3) is 1.53. The van der Waals surface area contributed by atoms with Crippen LogP contribution in [-0.2, 0) is 0 Å². The van der Waals surface area contributed by atoms with E-state index in [2.05, 4.69) is 4.98 Å². The van der Waals surface area contributed by atoms with Crippen LogP contribution >= 0.6 is 0 Å². The Kier molecular flexibility index (Phi) is 2.27. The van der Waals surface area contributed by atoms with Gasteiger partial charge in [-0.1, -0.05) is 12.1 Å². The number of nitrogens with two attached hydrogens (primary N) is 1. The molecule has 0 saturated heterocycles. The van der Waals surface area contributed by atoms with Crippen molar-refractivity contribution in [2.24, 2.45) is 5.73 Å². The molecule has 92 valence electrons. The van der Waals surface area contributed by atoms with E-state index in [1.54, 1.807) is 24.3 Å². The molecule has 0 radical (unpaired) electrons. The zero-order valence-corrected chi connectivity index (χ0v) is 9.34. The molecule has 0 bridgehead atoms. The molecule has 1 heterocycles. The number of hydrogen-bond acceptors (Lipinski definition) is 4. The largest absolute Gasteiger partial charge is 0.370 e. The predicted molar refractivity (Wildman–Crippen MR) is 63.7 cm³/mol. The highest BCUT2D eigenvalue weighted by Gasteiger charge is 2.43. The Labute approximate surface area is 102 Å². The Hall–Kier alpha value is -2.08. The van der Waals surface area contributed by atoms with Crippen molar-refractivity contribution in [2.75, 3.05) is 0 Å². The van der Waals surface area contributed by atoms with Gasteiger partial charge in [0.05, 0.1) is 10.9 Å². The van der Waals surface area contributed by atoms with Crippen molar-refractivity contribution >= 4 is 16.7 Å². The average Bonchev–Trinajstić information content (AvgIpc) is 3.05. The number of nitrogens with zero attached hydrogens (tertiary/aromatic N) is 2. The molecule has 1 fully saturated rings. The molecular formula is C12H10FN3O2. The summed E-state index contributed by atoms with van der Waals surface area (Å²) in [6, 6.07) is 6.26. The number of benzene rings is 1. The van der Waals surface area contributed by atoms with E-state index >= 15 is 0 Å². The topological polar surface area (TPSA) is 82.0 Å². The van der Waals surface area contributed by atoms with Crippen LogP contribution in [0.15, 0.2) is 24.3 Å². The molecule has 18 heavy (non-hydrogen) atoms. The first-order valence-corrected chi connectivity index (χ1v) is 5.57. The normalized spacial score (nSPS) is 22.1. The van der Waals surface area contributed by atoms with Crippen molar-refractivity contribution in [3.63, 3.8) is 0 Å². The summed E-state index contributed by atoms with van der Waals surface area (Å²) in [6.07, 6.45) is 0.567. The summed E-state index contributed by atoms with van der Waals surface area (Å²) in [6.45, 7) is 0. The molecule has 1 saturated carbocycles. The highest BCUT2D eigenvalue weighted by molar-refractivity contribution is 5.82. The van der Waals surface area contributed by atoms with E-state index < -0.39 is 16.6 Å². The van der Waals surface area contributed by atoms with E-state index in [0.717, 1.165) is 0 Å². The molecular weight excluding hydrogens is 237 g/mol. The van der Waals surface area contributed by atoms with Gasteiger partial charge in [-0.15, -0.1) is 0 Å². The van der Waals surface area contributed by atoms with E-state index in [9.17, 15) is 14.5 Å². The Balaban J connectivity index is 2.33. The van der Waals surface area contributed by atoms with Gasteiger partial charge in [0, 0.05) is 12.0 Å². The smallest absolute Gasteiger partial charge is 0.358 e. The molecule has 2 aromatic rings. The standard InChI is InChI=1S/C12H10FN3O2/c13-11-6-3-1-2-4-9(6)15-12(16(17)18)10(11)7-5-8(7)14/h1-4,7-8H,5,14H2. The van der Waals surface area contributed by atoms with Crippen LogP contribution in [0.25, 0.3) is 10.9 Å². The van der Waals surface area contributed by atoms with Gasteiger partial charge in [0.15, 0.2) is 5.52 Å². The van der Waals surface area contributed by atoms with Crippen molar-refractivity contribution in [1.29, 1.82) is 0 Å². The molecule has 1 aromatic carbocycles. The van der Waals surface area contributed by atoms with Crippen LogP contribution in [0, 0.1) is 15.9 Å². The number of rotatable bonds is 2. The van der Waals surface area contributed by atoms with Crippen LogP contribution in [0.2, 0.25) is 0 Å². The summed E-state index contributed by atoms with van der Waals surface area (Å²) < 4.78 is 14.4. The third-order valence-electron chi connectivity index (χ3n) is 3.23. The van der Waals surface area contributed by atoms with Gasteiger partial charge < -0.3 is 15.8 Å². The lowest BCUT2D eigenvalue weighted by Gasteiger charge is -2.05. The van der Waals surface area contributed by atoms with Crippen LogP contribution in [-0.4, -0.2) is 15.9 Å². The van der Waals surface area contributed by atoms with E-state index in [-0.39, 0.29) is 17.5 Å². The van der Waals surface area contributed by atoms with Gasteiger partial charge in [0.1, 0.15) is 5.82 Å². The van der Waals surface area contributed by atoms with Crippen molar-refractivity contribution in [1.82, 2.24) is 4.98 Å². The molecule has 0 aliphatic heterocycles. The number of hydrogen-bond donors (Lipinski definition) is 1. The SMILES string of the molecule is NC1CC1c1c([N+](=O)[O-])nc2ccccc2c1F. The molecule has 2 N–H and O–H groups in total. The molecule has 5 nitrogen and oxygen atoms in total. The zero-order chi connectivity index (χ0) is 12.9. The minimum atomic E-state index is -0.643. The number of nitro groups is 1. The molecule has 6 heteroatoms. The summed E-state index contributed by atoms with van der Waals surface area (Å²) in [5.74, 6) is -1.27. The molecule has 3 rings (SSSR count). The maximum Gasteiger partial charge on any atom is 0.370 e. The van der Waals surface area contributed by atoms with Crippen molar-refractivity contribution in [2.45, 2.75) is 18.4 Å². The summed E-state index contributed by atoms with van der Waals surface area (Å²) in [5.41, 5.74) is 6.00. The number of pyridine rings is 1. The van der Waals surface area contributed by atoms with Gasteiger partial charge in [-0.25, -0.2) is 4.39 Å². The fourth-order valence-electron chi connectivity index (χ4n) is 2.19. The fraction of sp³-hybridized carbons (Fsp3) is 0.250. The first-order valence-electron chi connectivity index (χ1n) is 5.57. The number of halogens is 1. The molecule has 0 amide bonds. The lowest BCUT2D eigenvalue weighted by atomic mass is 10.1. The minimum Gasteiger partial charge on any atom is -0.358 e. The molecule has 1 aromatic heterocycles. The lowest BCUT2D eigenvalue weighted by molar-refractivity contribution is -0.390. The molecule has 2 atom stereocenters. The van der Waals surface area contributed by atoms with Crippen molar-refractivity contribution < 1.29 is 9.31 Å². The summed E-state index contributed by atoms with van der Waals surface area (Å²) >= 11 is 0. The maximum atomic E-state index is 14.4. The van der Waals surface area contributed by atoms with Crippen LogP contribution < -0.4 is 5.73 Å². The van der Waals surface area contributed by atoms with Crippen LogP contribution in [0.1, 0.15) is 17.9 Å². The molecule has 2 unspecified atom stereocenters. The maximum absolute atomic E-state index is 14.4. The summed E-state index contributed by atoms with van der Waals surface area (Å²) in [4.78, 5) is 14.3. The quantitative estimate of drug-likeness (QED) is 0.650. The highest BCUT2D eigenvalue weighted by Crippen LogP contribution is 2.45. The second kappa shape index (κ2) is 3.71. The molecule has 0 spiro atoms. The van der Waals surface area contributed by atoms with Crippen LogP contribution in [0.5, 0.6) is 0 Å². The van der Waals surface area contributed by atoms with Gasteiger partial charge in [-0.3, -0.25) is 0 Å². The van der Waals surface area contributed by atoms with E-state index in [1.807, 2.05) is 0 Å².